The molecule has 10 rings (SSSR count). The Morgan fingerprint density at radius 1 is 0.490 bits per heavy atom. The molecule has 0 atom stereocenters. The van der Waals surface area contributed by atoms with Crippen LogP contribution in [0, 0.1) is 0 Å². The Bertz CT molecular complexity index is 2710. The van der Waals surface area contributed by atoms with Gasteiger partial charge in [0.25, 0.3) is 0 Å². The van der Waals surface area contributed by atoms with Gasteiger partial charge in [-0.2, -0.15) is 0 Å². The van der Waals surface area contributed by atoms with Crippen molar-refractivity contribution in [1.29, 1.82) is 0 Å². The lowest BCUT2D eigenvalue weighted by atomic mass is 9.98. The van der Waals surface area contributed by atoms with Crippen molar-refractivity contribution in [2.24, 2.45) is 0 Å². The molecule has 1 aliphatic heterocycles. The fourth-order valence-corrected chi connectivity index (χ4v) is 7.26. The molecule has 0 unspecified atom stereocenters. The second-order valence-corrected chi connectivity index (χ2v) is 12.6. The monoisotopic (exact) mass is 630 g/mol. The van der Waals surface area contributed by atoms with Crippen LogP contribution in [0.3, 0.4) is 0 Å². The second kappa shape index (κ2) is 11.0. The Kier molecular flexibility index (Phi) is 6.21. The van der Waals surface area contributed by atoms with Gasteiger partial charge in [-0.05, 0) is 87.6 Å². The molecule has 1 aliphatic rings. The summed E-state index contributed by atoms with van der Waals surface area (Å²) >= 11 is 0. The van der Waals surface area contributed by atoms with E-state index < -0.39 is 0 Å². The van der Waals surface area contributed by atoms with Crippen LogP contribution in [0.4, 0.5) is 22.9 Å². The maximum absolute atomic E-state index is 6.55. The third kappa shape index (κ3) is 4.61. The Labute approximate surface area is 283 Å². The first-order valence-corrected chi connectivity index (χ1v) is 16.6. The predicted molar refractivity (Wildman–Crippen MR) is 204 cm³/mol. The van der Waals surface area contributed by atoms with Crippen molar-refractivity contribution in [3.05, 3.63) is 169 Å². The molecule has 0 radical (unpaired) electrons. The summed E-state index contributed by atoms with van der Waals surface area (Å²) in [6.45, 7) is 0.699. The second-order valence-electron chi connectivity index (χ2n) is 12.6. The molecule has 7 aromatic carbocycles. The van der Waals surface area contributed by atoms with Gasteiger partial charge in [-0.3, -0.25) is 0 Å². The highest BCUT2D eigenvalue weighted by molar-refractivity contribution is 6.10. The summed E-state index contributed by atoms with van der Waals surface area (Å²) in [4.78, 5) is 2.30. The molecule has 3 heterocycles. The van der Waals surface area contributed by atoms with Crippen LogP contribution < -0.4 is 10.2 Å². The number of furan rings is 2. The number of nitrogens with zero attached hydrogens (tertiary/aromatic N) is 1. The zero-order chi connectivity index (χ0) is 32.3. The molecule has 232 valence electrons. The largest absolute Gasteiger partial charge is 0.454 e. The van der Waals surface area contributed by atoms with Crippen LogP contribution in [0.1, 0.15) is 11.1 Å². The minimum Gasteiger partial charge on any atom is -0.454 e. The van der Waals surface area contributed by atoms with E-state index in [2.05, 4.69) is 150 Å². The summed E-state index contributed by atoms with van der Waals surface area (Å²) in [6, 6.07) is 55.7. The standard InChI is InChI=1S/C45H30N2O2/c1-2-9-32-26-33(17-16-29(32)8-1)30-18-22-35(23-19-30)47(41-13-7-12-39-37-10-3-5-14-42(37)48-44(39)41)36-24-20-31(21-25-36)34-27-40-38-11-4-6-15-43(38)49-45(40)46-28-34/h1-27,46H,28H2. The average Bonchev–Trinajstić information content (AvgIpc) is 3.74. The maximum atomic E-state index is 6.55. The van der Waals surface area contributed by atoms with Crippen molar-refractivity contribution in [2.75, 3.05) is 16.8 Å². The zero-order valence-electron chi connectivity index (χ0n) is 26.6. The quantitative estimate of drug-likeness (QED) is 0.205. The van der Waals surface area contributed by atoms with E-state index in [1.54, 1.807) is 0 Å². The summed E-state index contributed by atoms with van der Waals surface area (Å²) in [5.74, 6) is 0.832. The molecule has 4 heteroatoms. The Balaban J connectivity index is 1.08. The number of para-hydroxylation sites is 3. The molecule has 9 aromatic rings. The highest BCUT2D eigenvalue weighted by Gasteiger charge is 2.21. The van der Waals surface area contributed by atoms with Gasteiger partial charge in [0.2, 0.25) is 5.88 Å². The minimum atomic E-state index is 0.699. The van der Waals surface area contributed by atoms with E-state index in [0.29, 0.717) is 6.54 Å². The van der Waals surface area contributed by atoms with Crippen LogP contribution in [0.15, 0.2) is 167 Å². The summed E-state index contributed by atoms with van der Waals surface area (Å²) in [6.07, 6.45) is 2.26. The number of hydrogen-bond acceptors (Lipinski definition) is 4. The van der Waals surface area contributed by atoms with Gasteiger partial charge < -0.3 is 19.1 Å². The fourth-order valence-electron chi connectivity index (χ4n) is 7.26. The first kappa shape index (κ1) is 27.6. The Hall–Kier alpha value is -6.52. The highest BCUT2D eigenvalue weighted by Crippen LogP contribution is 2.43. The molecular formula is C45H30N2O2. The molecule has 0 bridgehead atoms. The van der Waals surface area contributed by atoms with Crippen molar-refractivity contribution in [1.82, 2.24) is 0 Å². The van der Waals surface area contributed by atoms with Crippen LogP contribution >= 0.6 is 0 Å². The number of fused-ring (bicyclic) bond motifs is 7. The van der Waals surface area contributed by atoms with E-state index >= 15 is 0 Å². The van der Waals surface area contributed by atoms with Crippen molar-refractivity contribution < 1.29 is 8.83 Å². The van der Waals surface area contributed by atoms with Crippen molar-refractivity contribution in [2.45, 2.75) is 0 Å². The van der Waals surface area contributed by atoms with Gasteiger partial charge in [-0.15, -0.1) is 0 Å². The fraction of sp³-hybridized carbons (Fsp3) is 0.0222. The maximum Gasteiger partial charge on any atom is 0.201 e. The molecular weight excluding hydrogens is 601 g/mol. The smallest absolute Gasteiger partial charge is 0.201 e. The molecule has 1 N–H and O–H groups in total. The molecule has 0 amide bonds. The molecule has 4 nitrogen and oxygen atoms in total. The van der Waals surface area contributed by atoms with Crippen LogP contribution in [0.2, 0.25) is 0 Å². The normalized spacial score (nSPS) is 12.7. The van der Waals surface area contributed by atoms with Crippen molar-refractivity contribution in [3.63, 3.8) is 0 Å². The minimum absolute atomic E-state index is 0.699. The molecule has 0 aliphatic carbocycles. The number of anilines is 4. The van der Waals surface area contributed by atoms with Crippen LogP contribution in [0.5, 0.6) is 0 Å². The molecule has 0 fully saturated rings. The van der Waals surface area contributed by atoms with Crippen molar-refractivity contribution >= 4 is 78.3 Å². The van der Waals surface area contributed by atoms with Crippen LogP contribution in [-0.4, -0.2) is 6.54 Å². The molecule has 2 aromatic heterocycles. The SMILES string of the molecule is C1=C(c2ccc(N(c3ccc(-c4ccc5ccccc5c4)cc3)c3cccc4c3oc3ccccc34)cc2)CNc2oc3ccccc3c21. The summed E-state index contributed by atoms with van der Waals surface area (Å²) in [7, 11) is 0. The van der Waals surface area contributed by atoms with Crippen LogP contribution in [-0.2, 0) is 0 Å². The van der Waals surface area contributed by atoms with Gasteiger partial charge >= 0.3 is 0 Å². The lowest BCUT2D eigenvalue weighted by Crippen LogP contribution is -2.11. The number of rotatable bonds is 5. The lowest BCUT2D eigenvalue weighted by Gasteiger charge is -2.26. The zero-order valence-corrected chi connectivity index (χ0v) is 26.6. The van der Waals surface area contributed by atoms with Gasteiger partial charge in [0, 0.05) is 39.6 Å². The molecule has 0 spiro atoms. The van der Waals surface area contributed by atoms with E-state index in [9.17, 15) is 0 Å². The molecule has 0 saturated heterocycles. The summed E-state index contributed by atoms with van der Waals surface area (Å²) in [5.41, 5.74) is 11.6. The topological polar surface area (TPSA) is 41.6 Å². The van der Waals surface area contributed by atoms with Gasteiger partial charge in [0.15, 0.2) is 5.58 Å². The summed E-state index contributed by atoms with van der Waals surface area (Å²) < 4.78 is 12.6. The van der Waals surface area contributed by atoms with Crippen LogP contribution in [0.25, 0.3) is 66.5 Å². The number of hydrogen-bond donors (Lipinski definition) is 1. The molecule has 0 saturated carbocycles. The highest BCUT2D eigenvalue weighted by atomic mass is 16.4. The van der Waals surface area contributed by atoms with E-state index in [1.165, 1.54) is 33.0 Å². The average molecular weight is 631 g/mol. The Morgan fingerprint density at radius 3 is 1.92 bits per heavy atom. The van der Waals surface area contributed by atoms with E-state index in [1.807, 2.05) is 24.3 Å². The summed E-state index contributed by atoms with van der Waals surface area (Å²) in [5, 5.41) is 9.31. The van der Waals surface area contributed by atoms with E-state index in [4.69, 9.17) is 8.83 Å². The van der Waals surface area contributed by atoms with Gasteiger partial charge in [-0.25, -0.2) is 0 Å². The number of benzene rings is 7. The predicted octanol–water partition coefficient (Wildman–Crippen LogP) is 12.6. The third-order valence-electron chi connectivity index (χ3n) is 9.72. The first-order chi connectivity index (χ1) is 24.3. The first-order valence-electron chi connectivity index (χ1n) is 16.6. The van der Waals surface area contributed by atoms with Gasteiger partial charge in [-0.1, -0.05) is 109 Å². The van der Waals surface area contributed by atoms with E-state index in [-0.39, 0.29) is 0 Å². The third-order valence-corrected chi connectivity index (χ3v) is 9.72. The molecule has 49 heavy (non-hydrogen) atoms. The lowest BCUT2D eigenvalue weighted by molar-refractivity contribution is 0.628. The van der Waals surface area contributed by atoms with Crippen molar-refractivity contribution in [3.8, 4) is 11.1 Å². The Morgan fingerprint density at radius 2 is 1.12 bits per heavy atom. The van der Waals surface area contributed by atoms with Gasteiger partial charge in [0.1, 0.15) is 11.2 Å². The number of nitrogens with one attached hydrogen (secondary N) is 1. The van der Waals surface area contributed by atoms with Gasteiger partial charge in [0.05, 0.1) is 5.69 Å². The van der Waals surface area contributed by atoms with E-state index in [0.717, 1.165) is 61.4 Å².